The topological polar surface area (TPSA) is 128 Å². The molecule has 1 N–H and O–H groups in total. The Balaban J connectivity index is 1.89. The van der Waals surface area contributed by atoms with Gasteiger partial charge in [-0.1, -0.05) is 17.4 Å². The molecule has 2 aromatic heterocycles. The SMILES string of the molecule is CCOC(=O)c1sc(N2C(=O)C(O)=C(C(=O)c3ccc(C)o3)[C@H]2c2ccc(OC)c(OC)c2)nc1C. The number of furan rings is 1. The maximum Gasteiger partial charge on any atom is 0.350 e. The van der Waals surface area contributed by atoms with Gasteiger partial charge in [-0.05, 0) is 50.6 Å². The molecule has 0 spiro atoms. The van der Waals surface area contributed by atoms with Gasteiger partial charge in [-0.15, -0.1) is 0 Å². The minimum Gasteiger partial charge on any atom is -0.503 e. The van der Waals surface area contributed by atoms with Gasteiger partial charge in [-0.3, -0.25) is 14.5 Å². The molecule has 0 aliphatic carbocycles. The van der Waals surface area contributed by atoms with E-state index in [0.29, 0.717) is 28.5 Å². The summed E-state index contributed by atoms with van der Waals surface area (Å²) in [4.78, 5) is 45.0. The second kappa shape index (κ2) is 9.86. The summed E-state index contributed by atoms with van der Waals surface area (Å²) in [5.41, 5.74) is 0.613. The number of nitrogens with zero attached hydrogens (tertiary/aromatic N) is 2. The normalized spacial score (nSPS) is 15.4. The van der Waals surface area contributed by atoms with E-state index >= 15 is 0 Å². The standard InChI is InChI=1S/C25H24N2O8S/c1-6-34-24(31)22-13(3)26-25(36-22)27-19(14-8-10-15(32-4)17(11-14)33-5)18(21(29)23(27)30)20(28)16-9-7-12(2)35-16/h7-11,19,29H,6H2,1-5H3/t19-/m1/s1. The van der Waals surface area contributed by atoms with E-state index in [-0.39, 0.29) is 27.9 Å². The predicted molar refractivity (Wildman–Crippen MR) is 130 cm³/mol. The molecule has 0 saturated carbocycles. The summed E-state index contributed by atoms with van der Waals surface area (Å²) < 4.78 is 21.3. The van der Waals surface area contributed by atoms with Gasteiger partial charge in [0.05, 0.1) is 38.1 Å². The third-order valence-corrected chi connectivity index (χ3v) is 6.73. The molecule has 1 atom stereocenters. The van der Waals surface area contributed by atoms with Crippen molar-refractivity contribution in [3.8, 4) is 11.5 Å². The number of aromatic nitrogens is 1. The summed E-state index contributed by atoms with van der Waals surface area (Å²) in [5.74, 6) is -1.55. The Hall–Kier alpha value is -4.12. The van der Waals surface area contributed by atoms with Crippen molar-refractivity contribution in [3.63, 3.8) is 0 Å². The van der Waals surface area contributed by atoms with Crippen molar-refractivity contribution in [2.45, 2.75) is 26.8 Å². The second-order valence-electron chi connectivity index (χ2n) is 7.83. The first kappa shape index (κ1) is 25.0. The Morgan fingerprint density at radius 1 is 1.14 bits per heavy atom. The number of esters is 1. The summed E-state index contributed by atoms with van der Waals surface area (Å²) in [6.45, 7) is 5.15. The molecule has 1 aromatic carbocycles. The number of ketones is 1. The Morgan fingerprint density at radius 2 is 1.86 bits per heavy atom. The molecule has 1 amide bonds. The third kappa shape index (κ3) is 4.22. The highest BCUT2D eigenvalue weighted by Gasteiger charge is 2.47. The molecule has 3 aromatic rings. The Bertz CT molecular complexity index is 1390. The zero-order valence-corrected chi connectivity index (χ0v) is 21.1. The van der Waals surface area contributed by atoms with Crippen LogP contribution in [0.2, 0.25) is 0 Å². The number of aliphatic hydroxyl groups excluding tert-OH is 1. The maximum absolute atomic E-state index is 13.5. The van der Waals surface area contributed by atoms with Gasteiger partial charge in [0, 0.05) is 0 Å². The van der Waals surface area contributed by atoms with Crippen LogP contribution < -0.4 is 14.4 Å². The minimum atomic E-state index is -1.09. The molecule has 0 bridgehead atoms. The summed E-state index contributed by atoms with van der Waals surface area (Å²) in [7, 11) is 2.94. The Kier molecular flexibility index (Phi) is 6.84. The number of hydrogen-bond donors (Lipinski definition) is 1. The number of benzene rings is 1. The monoisotopic (exact) mass is 512 g/mol. The fourth-order valence-corrected chi connectivity index (χ4v) is 4.92. The number of aliphatic hydroxyl groups is 1. The number of carbonyl (C=O) groups is 3. The number of thiazole rings is 1. The molecular weight excluding hydrogens is 488 g/mol. The zero-order chi connectivity index (χ0) is 26.1. The second-order valence-corrected chi connectivity index (χ2v) is 8.80. The van der Waals surface area contributed by atoms with E-state index in [2.05, 4.69) is 4.98 Å². The highest BCUT2D eigenvalue weighted by atomic mass is 32.1. The molecule has 4 rings (SSSR count). The summed E-state index contributed by atoms with van der Waals surface area (Å²) in [6.07, 6.45) is 0. The largest absolute Gasteiger partial charge is 0.503 e. The quantitative estimate of drug-likeness (QED) is 0.346. The lowest BCUT2D eigenvalue weighted by Crippen LogP contribution is -2.31. The van der Waals surface area contributed by atoms with Crippen LogP contribution in [0.15, 0.2) is 46.1 Å². The van der Waals surface area contributed by atoms with Gasteiger partial charge < -0.3 is 23.7 Å². The molecule has 11 heteroatoms. The first-order chi connectivity index (χ1) is 17.2. The van der Waals surface area contributed by atoms with Crippen molar-refractivity contribution in [2.24, 2.45) is 0 Å². The van der Waals surface area contributed by atoms with E-state index in [9.17, 15) is 19.5 Å². The number of aryl methyl sites for hydroxylation is 2. The number of anilines is 1. The summed E-state index contributed by atoms with van der Waals surface area (Å²) in [6, 6.07) is 6.89. The molecule has 1 aliphatic rings. The molecule has 0 radical (unpaired) electrons. The van der Waals surface area contributed by atoms with Crippen LogP contribution in [0.4, 0.5) is 5.13 Å². The number of amides is 1. The van der Waals surface area contributed by atoms with Crippen LogP contribution in [-0.2, 0) is 9.53 Å². The van der Waals surface area contributed by atoms with Crippen LogP contribution in [0.3, 0.4) is 0 Å². The maximum atomic E-state index is 13.5. The van der Waals surface area contributed by atoms with Gasteiger partial charge in [0.2, 0.25) is 5.78 Å². The number of hydrogen-bond acceptors (Lipinski definition) is 10. The van der Waals surface area contributed by atoms with Crippen molar-refractivity contribution in [1.29, 1.82) is 0 Å². The summed E-state index contributed by atoms with van der Waals surface area (Å²) in [5, 5.41) is 11.0. The van der Waals surface area contributed by atoms with E-state index < -0.39 is 29.5 Å². The lowest BCUT2D eigenvalue weighted by atomic mass is 9.95. The molecular formula is C25H24N2O8S. The average molecular weight is 513 g/mol. The molecule has 1 aliphatic heterocycles. The van der Waals surface area contributed by atoms with Crippen molar-refractivity contribution in [2.75, 3.05) is 25.7 Å². The first-order valence-corrected chi connectivity index (χ1v) is 11.8. The van der Waals surface area contributed by atoms with Gasteiger partial charge in [-0.2, -0.15) is 0 Å². The molecule has 188 valence electrons. The third-order valence-electron chi connectivity index (χ3n) is 5.59. The van der Waals surface area contributed by atoms with Crippen LogP contribution in [0.1, 0.15) is 50.2 Å². The molecule has 3 heterocycles. The molecule has 0 fully saturated rings. The van der Waals surface area contributed by atoms with Crippen LogP contribution in [0.5, 0.6) is 11.5 Å². The number of Topliss-reactive ketones (excluding diaryl/α,β-unsaturated/α-hetero) is 1. The van der Waals surface area contributed by atoms with Crippen LogP contribution in [0.25, 0.3) is 0 Å². The van der Waals surface area contributed by atoms with Crippen molar-refractivity contribution in [3.05, 3.63) is 69.3 Å². The average Bonchev–Trinajstić information content (AvgIpc) is 3.54. The Labute approximate surface area is 210 Å². The van der Waals surface area contributed by atoms with Crippen molar-refractivity contribution < 1.29 is 38.1 Å². The lowest BCUT2D eigenvalue weighted by molar-refractivity contribution is -0.117. The molecule has 36 heavy (non-hydrogen) atoms. The number of rotatable bonds is 8. The Morgan fingerprint density at radius 3 is 2.47 bits per heavy atom. The van der Waals surface area contributed by atoms with E-state index in [1.165, 1.54) is 25.2 Å². The lowest BCUT2D eigenvalue weighted by Gasteiger charge is -2.25. The van der Waals surface area contributed by atoms with Gasteiger partial charge in [0.25, 0.3) is 5.91 Å². The number of methoxy groups -OCH3 is 2. The van der Waals surface area contributed by atoms with Crippen LogP contribution in [-0.4, -0.2) is 48.6 Å². The van der Waals surface area contributed by atoms with E-state index in [1.54, 1.807) is 45.0 Å². The van der Waals surface area contributed by atoms with E-state index in [1.807, 2.05) is 0 Å². The van der Waals surface area contributed by atoms with Crippen LogP contribution in [0, 0.1) is 13.8 Å². The zero-order valence-electron chi connectivity index (χ0n) is 20.3. The number of ether oxygens (including phenoxy) is 3. The number of carbonyl (C=O) groups excluding carboxylic acids is 3. The highest BCUT2D eigenvalue weighted by Crippen LogP contribution is 2.45. The van der Waals surface area contributed by atoms with E-state index in [4.69, 9.17) is 18.6 Å². The summed E-state index contributed by atoms with van der Waals surface area (Å²) >= 11 is 0.931. The van der Waals surface area contributed by atoms with Gasteiger partial charge >= 0.3 is 5.97 Å². The van der Waals surface area contributed by atoms with Crippen LogP contribution >= 0.6 is 11.3 Å². The fourth-order valence-electron chi connectivity index (χ4n) is 3.93. The van der Waals surface area contributed by atoms with Gasteiger partial charge in [0.1, 0.15) is 10.6 Å². The van der Waals surface area contributed by atoms with Crippen molar-refractivity contribution in [1.82, 2.24) is 4.98 Å². The minimum absolute atomic E-state index is 0.0308. The first-order valence-electron chi connectivity index (χ1n) is 11.0. The van der Waals surface area contributed by atoms with Gasteiger partial charge in [-0.25, -0.2) is 9.78 Å². The predicted octanol–water partition coefficient (Wildman–Crippen LogP) is 4.33. The smallest absolute Gasteiger partial charge is 0.350 e. The fraction of sp³-hybridized carbons (Fsp3) is 0.280. The molecule has 10 nitrogen and oxygen atoms in total. The molecule has 0 saturated heterocycles. The molecule has 0 unspecified atom stereocenters. The van der Waals surface area contributed by atoms with Crippen molar-refractivity contribution >= 4 is 34.1 Å². The van der Waals surface area contributed by atoms with E-state index in [0.717, 1.165) is 11.3 Å². The highest BCUT2D eigenvalue weighted by molar-refractivity contribution is 7.17. The van der Waals surface area contributed by atoms with Gasteiger partial charge in [0.15, 0.2) is 28.1 Å².